The normalized spacial score (nSPS) is 14.5. The third kappa shape index (κ3) is 4.07. The molecule has 5 heteroatoms. The average molecular weight is 203 g/mol. The minimum Gasteiger partial charge on any atom is -0.353 e. The molecule has 0 rings (SSSR count). The molecular weight excluding hydrogens is 190 g/mol. The highest BCUT2D eigenvalue weighted by Gasteiger charge is 2.27. The van der Waals surface area contributed by atoms with Gasteiger partial charge in [0, 0.05) is 13.0 Å². The number of hydrogen-bond donors (Lipinski definition) is 2. The minimum atomic E-state index is -0.854. The zero-order valence-corrected chi connectivity index (χ0v) is 8.72. The van der Waals surface area contributed by atoms with E-state index in [0.717, 1.165) is 0 Å². The molecule has 0 aromatic carbocycles. The van der Waals surface area contributed by atoms with Crippen molar-refractivity contribution >= 4 is 29.4 Å². The summed E-state index contributed by atoms with van der Waals surface area (Å²) < 4.78 is 0. The third-order valence-corrected chi connectivity index (χ3v) is 1.91. The first-order valence-electron chi connectivity index (χ1n) is 3.86. The van der Waals surface area contributed by atoms with Crippen LogP contribution in [0, 0.1) is 5.92 Å². The van der Waals surface area contributed by atoms with Crippen LogP contribution in [0.1, 0.15) is 20.8 Å². The summed E-state index contributed by atoms with van der Waals surface area (Å²) >= 11 is 3.58. The van der Waals surface area contributed by atoms with Crippen LogP contribution in [-0.4, -0.2) is 22.8 Å². The van der Waals surface area contributed by atoms with Crippen LogP contribution in [0.25, 0.3) is 0 Å². The number of nitrogens with one attached hydrogen (secondary N) is 1. The van der Waals surface area contributed by atoms with Crippen LogP contribution in [-0.2, 0) is 14.4 Å². The fourth-order valence-corrected chi connectivity index (χ4v) is 1.55. The van der Waals surface area contributed by atoms with Gasteiger partial charge in [0.15, 0.2) is 5.12 Å². The molecule has 74 valence electrons. The van der Waals surface area contributed by atoms with Gasteiger partial charge in [0.25, 0.3) is 0 Å². The summed E-state index contributed by atoms with van der Waals surface area (Å²) in [5.41, 5.74) is 0. The van der Waals surface area contributed by atoms with E-state index in [0.29, 0.717) is 0 Å². The fourth-order valence-electron chi connectivity index (χ4n) is 1.14. The minimum absolute atomic E-state index is 0.270. The quantitative estimate of drug-likeness (QED) is 0.506. The first kappa shape index (κ1) is 12.2. The number of hydrogen-bond acceptors (Lipinski definition) is 3. The van der Waals surface area contributed by atoms with Crippen molar-refractivity contribution in [1.29, 1.82) is 0 Å². The summed E-state index contributed by atoms with van der Waals surface area (Å²) in [4.78, 5) is 32.5. The summed E-state index contributed by atoms with van der Waals surface area (Å²) in [6.07, 6.45) is 0. The van der Waals surface area contributed by atoms with Gasteiger partial charge in [0.1, 0.15) is 11.7 Å². The smallest absolute Gasteiger partial charge is 0.217 e. The largest absolute Gasteiger partial charge is 0.353 e. The Hall–Kier alpha value is -0.840. The van der Waals surface area contributed by atoms with Crippen molar-refractivity contribution in [3.05, 3.63) is 0 Å². The highest BCUT2D eigenvalue weighted by atomic mass is 32.1. The van der Waals surface area contributed by atoms with Gasteiger partial charge >= 0.3 is 0 Å². The van der Waals surface area contributed by atoms with Gasteiger partial charge in [-0.3, -0.25) is 14.4 Å². The number of rotatable bonds is 4. The molecule has 0 radical (unpaired) electrons. The zero-order chi connectivity index (χ0) is 10.6. The summed E-state index contributed by atoms with van der Waals surface area (Å²) in [5, 5.41) is 1.96. The maximum Gasteiger partial charge on any atom is 0.217 e. The van der Waals surface area contributed by atoms with Crippen molar-refractivity contribution in [1.82, 2.24) is 5.32 Å². The van der Waals surface area contributed by atoms with Crippen molar-refractivity contribution < 1.29 is 14.4 Å². The van der Waals surface area contributed by atoms with Gasteiger partial charge < -0.3 is 5.32 Å². The molecule has 13 heavy (non-hydrogen) atoms. The highest BCUT2D eigenvalue weighted by Crippen LogP contribution is 2.09. The van der Waals surface area contributed by atoms with Gasteiger partial charge in [0.05, 0.1) is 0 Å². The number of Topliss-reactive ketones (excluding diaryl/α,β-unsaturated/α-hetero) is 1. The van der Waals surface area contributed by atoms with E-state index in [4.69, 9.17) is 0 Å². The summed E-state index contributed by atoms with van der Waals surface area (Å²) in [7, 11) is 0. The molecule has 1 amide bonds. The lowest BCUT2D eigenvalue weighted by molar-refractivity contribution is -0.128. The monoisotopic (exact) mass is 203 g/mol. The molecule has 0 spiro atoms. The van der Waals surface area contributed by atoms with E-state index >= 15 is 0 Å². The molecule has 0 bridgehead atoms. The molecule has 0 saturated carbocycles. The van der Waals surface area contributed by atoms with Gasteiger partial charge in [-0.05, 0) is 13.8 Å². The first-order chi connectivity index (χ1) is 5.86. The highest BCUT2D eigenvalue weighted by molar-refractivity contribution is 7.96. The Balaban J connectivity index is 4.46. The van der Waals surface area contributed by atoms with Crippen LogP contribution in [0.2, 0.25) is 0 Å². The number of thiol groups is 1. The van der Waals surface area contributed by atoms with Gasteiger partial charge in [-0.15, -0.1) is 12.6 Å². The molecule has 0 aliphatic heterocycles. The Labute approximate surface area is 82.5 Å². The van der Waals surface area contributed by atoms with Crippen molar-refractivity contribution in [3.63, 3.8) is 0 Å². The zero-order valence-electron chi connectivity index (χ0n) is 7.83. The second-order valence-corrected chi connectivity index (χ2v) is 3.36. The Bertz CT molecular complexity index is 226. The molecule has 0 aromatic rings. The predicted octanol–water partition coefficient (Wildman–Crippen LogP) is 0.173. The summed E-state index contributed by atoms with van der Waals surface area (Å²) in [6.45, 7) is 4.23. The number of carbonyl (C=O) groups excluding carboxylic acids is 3. The lowest BCUT2D eigenvalue weighted by Gasteiger charge is -2.18. The maximum atomic E-state index is 11.0. The van der Waals surface area contributed by atoms with Crippen LogP contribution in [0.15, 0.2) is 0 Å². The number of ketones is 1. The van der Waals surface area contributed by atoms with E-state index in [-0.39, 0.29) is 11.7 Å². The number of amides is 1. The standard InChI is InChI=1S/C8H13NO3S/c1-4(9-6(3)11)7(5(2)10)8(12)13/h4,7H,1-3H3,(H,9,11)(H,12,13)/t4-,7?/m0/s1. The van der Waals surface area contributed by atoms with Gasteiger partial charge in [-0.25, -0.2) is 0 Å². The van der Waals surface area contributed by atoms with Crippen LogP contribution < -0.4 is 5.32 Å². The summed E-state index contributed by atoms with van der Waals surface area (Å²) in [6, 6.07) is -0.500. The van der Waals surface area contributed by atoms with Crippen LogP contribution in [0.5, 0.6) is 0 Å². The molecule has 0 aliphatic carbocycles. The van der Waals surface area contributed by atoms with Crippen LogP contribution in [0.4, 0.5) is 0 Å². The lowest BCUT2D eigenvalue weighted by atomic mass is 9.99. The van der Waals surface area contributed by atoms with Gasteiger partial charge in [0.2, 0.25) is 5.91 Å². The van der Waals surface area contributed by atoms with Gasteiger partial charge in [-0.2, -0.15) is 0 Å². The molecule has 2 atom stereocenters. The Kier molecular flexibility index (Phi) is 4.69. The molecule has 1 unspecified atom stereocenters. The summed E-state index contributed by atoms with van der Waals surface area (Å²) in [5.74, 6) is -1.41. The topological polar surface area (TPSA) is 63.2 Å². The maximum absolute atomic E-state index is 11.0. The Morgan fingerprint density at radius 2 is 1.69 bits per heavy atom. The Morgan fingerprint density at radius 3 is 1.92 bits per heavy atom. The van der Waals surface area contributed by atoms with Gasteiger partial charge in [-0.1, -0.05) is 0 Å². The molecule has 0 fully saturated rings. The molecule has 4 nitrogen and oxygen atoms in total. The van der Waals surface area contributed by atoms with E-state index in [1.165, 1.54) is 13.8 Å². The molecule has 0 heterocycles. The first-order valence-corrected chi connectivity index (χ1v) is 4.31. The molecular formula is C8H13NO3S. The Morgan fingerprint density at radius 1 is 1.23 bits per heavy atom. The lowest BCUT2D eigenvalue weighted by Crippen LogP contribution is -2.42. The van der Waals surface area contributed by atoms with Crippen molar-refractivity contribution in [3.8, 4) is 0 Å². The average Bonchev–Trinajstić information content (AvgIpc) is 1.81. The van der Waals surface area contributed by atoms with E-state index in [9.17, 15) is 14.4 Å². The fraction of sp³-hybridized carbons (Fsp3) is 0.625. The van der Waals surface area contributed by atoms with Crippen molar-refractivity contribution in [2.75, 3.05) is 0 Å². The molecule has 0 aromatic heterocycles. The molecule has 0 saturated heterocycles. The van der Waals surface area contributed by atoms with E-state index in [1.807, 2.05) is 0 Å². The molecule has 0 aliphatic rings. The second-order valence-electron chi connectivity index (χ2n) is 2.92. The predicted molar refractivity (Wildman–Crippen MR) is 51.4 cm³/mol. The van der Waals surface area contributed by atoms with Crippen molar-refractivity contribution in [2.24, 2.45) is 5.92 Å². The second kappa shape index (κ2) is 5.01. The van der Waals surface area contributed by atoms with E-state index < -0.39 is 17.1 Å². The number of carbonyl (C=O) groups is 3. The van der Waals surface area contributed by atoms with Crippen molar-refractivity contribution in [2.45, 2.75) is 26.8 Å². The van der Waals surface area contributed by atoms with Crippen LogP contribution in [0.3, 0.4) is 0 Å². The SMILES string of the molecule is CC(=O)N[C@@H](C)C(C(C)=O)C(=O)S. The van der Waals surface area contributed by atoms with E-state index in [1.54, 1.807) is 6.92 Å². The molecule has 1 N–H and O–H groups in total. The third-order valence-electron chi connectivity index (χ3n) is 1.63. The van der Waals surface area contributed by atoms with E-state index in [2.05, 4.69) is 17.9 Å². The van der Waals surface area contributed by atoms with Crippen LogP contribution >= 0.6 is 12.6 Å².